The second-order valence-electron chi connectivity index (χ2n) is 3.04. The molecule has 1 heterocycles. The summed E-state index contributed by atoms with van der Waals surface area (Å²) in [6.45, 7) is 3.53. The molecule has 1 N–H and O–H groups in total. The van der Waals surface area contributed by atoms with Crippen LogP contribution < -0.4 is 5.32 Å². The van der Waals surface area contributed by atoms with Crippen LogP contribution >= 0.6 is 0 Å². The van der Waals surface area contributed by atoms with Gasteiger partial charge < -0.3 is 10.1 Å². The summed E-state index contributed by atoms with van der Waals surface area (Å²) in [6, 6.07) is -0.700. The zero-order valence-corrected chi connectivity index (χ0v) is 9.14. The third kappa shape index (κ3) is 3.30. The summed E-state index contributed by atoms with van der Waals surface area (Å²) in [4.78, 5) is 30.3. The monoisotopic (exact) mass is 223 g/mol. The van der Waals surface area contributed by atoms with Gasteiger partial charge in [0, 0.05) is 12.4 Å². The Hall–Kier alpha value is -1.98. The largest absolute Gasteiger partial charge is 0.464 e. The number of hydrogen-bond acceptors (Lipinski definition) is 5. The lowest BCUT2D eigenvalue weighted by molar-refractivity contribution is -0.144. The van der Waals surface area contributed by atoms with Crippen molar-refractivity contribution >= 4 is 11.9 Å². The minimum Gasteiger partial charge on any atom is -0.464 e. The summed E-state index contributed by atoms with van der Waals surface area (Å²) in [5, 5.41) is 2.46. The van der Waals surface area contributed by atoms with Gasteiger partial charge in [-0.2, -0.15) is 0 Å². The van der Waals surface area contributed by atoms with Crippen LogP contribution in [0.25, 0.3) is 0 Å². The standard InChI is InChI=1S/C10H13N3O3/c1-3-16-10(15)7(2)13-9(14)8-6-11-4-5-12-8/h4-7H,3H2,1-2H3,(H,13,14). The predicted molar refractivity (Wildman–Crippen MR) is 55.6 cm³/mol. The number of carbonyl (C=O) groups is 2. The number of aromatic nitrogens is 2. The number of carbonyl (C=O) groups excluding carboxylic acids is 2. The van der Waals surface area contributed by atoms with Crippen LogP contribution in [-0.2, 0) is 9.53 Å². The van der Waals surface area contributed by atoms with Crippen molar-refractivity contribution in [1.82, 2.24) is 15.3 Å². The highest BCUT2D eigenvalue weighted by Gasteiger charge is 2.17. The van der Waals surface area contributed by atoms with Crippen molar-refractivity contribution in [1.29, 1.82) is 0 Å². The molecule has 1 rings (SSSR count). The van der Waals surface area contributed by atoms with Crippen molar-refractivity contribution in [3.05, 3.63) is 24.3 Å². The van der Waals surface area contributed by atoms with E-state index in [0.717, 1.165) is 0 Å². The van der Waals surface area contributed by atoms with Crippen molar-refractivity contribution in [2.45, 2.75) is 19.9 Å². The summed E-state index contributed by atoms with van der Waals surface area (Å²) in [7, 11) is 0. The Morgan fingerprint density at radius 3 is 2.81 bits per heavy atom. The summed E-state index contributed by atoms with van der Waals surface area (Å²) in [5.74, 6) is -0.923. The molecule has 1 aromatic rings. The molecule has 86 valence electrons. The van der Waals surface area contributed by atoms with Crippen LogP contribution in [0, 0.1) is 0 Å². The number of esters is 1. The van der Waals surface area contributed by atoms with Gasteiger partial charge in [-0.1, -0.05) is 0 Å². The minimum atomic E-state index is -0.700. The molecule has 1 atom stereocenters. The molecule has 6 heteroatoms. The van der Waals surface area contributed by atoms with E-state index in [-0.39, 0.29) is 12.3 Å². The molecular formula is C10H13N3O3. The number of nitrogens with zero attached hydrogens (tertiary/aromatic N) is 2. The third-order valence-electron chi connectivity index (χ3n) is 1.78. The molecule has 0 fully saturated rings. The molecule has 1 aromatic heterocycles. The fraction of sp³-hybridized carbons (Fsp3) is 0.400. The van der Waals surface area contributed by atoms with Gasteiger partial charge in [-0.15, -0.1) is 0 Å². The van der Waals surface area contributed by atoms with Gasteiger partial charge in [-0.05, 0) is 13.8 Å². The normalized spacial score (nSPS) is 11.6. The molecule has 0 aliphatic heterocycles. The summed E-state index contributed by atoms with van der Waals surface area (Å²) in [5.41, 5.74) is 0.165. The quantitative estimate of drug-likeness (QED) is 0.735. The van der Waals surface area contributed by atoms with Gasteiger partial charge in [0.05, 0.1) is 12.8 Å². The van der Waals surface area contributed by atoms with E-state index in [1.165, 1.54) is 18.6 Å². The Kier molecular flexibility index (Phi) is 4.38. The highest BCUT2D eigenvalue weighted by molar-refractivity contribution is 5.94. The van der Waals surface area contributed by atoms with E-state index in [0.29, 0.717) is 0 Å². The minimum absolute atomic E-state index is 0.165. The average Bonchev–Trinajstić information content (AvgIpc) is 2.30. The van der Waals surface area contributed by atoms with E-state index in [1.54, 1.807) is 13.8 Å². The number of rotatable bonds is 4. The fourth-order valence-corrected chi connectivity index (χ4v) is 1.01. The summed E-state index contributed by atoms with van der Waals surface area (Å²) < 4.78 is 4.75. The molecule has 1 unspecified atom stereocenters. The molecule has 0 spiro atoms. The lowest BCUT2D eigenvalue weighted by Gasteiger charge is -2.11. The van der Waals surface area contributed by atoms with Gasteiger partial charge in [0.15, 0.2) is 0 Å². The van der Waals surface area contributed by atoms with Crippen LogP contribution in [0.3, 0.4) is 0 Å². The van der Waals surface area contributed by atoms with Crippen LogP contribution in [-0.4, -0.2) is 34.5 Å². The predicted octanol–water partition coefficient (Wildman–Crippen LogP) is 0.158. The maximum Gasteiger partial charge on any atom is 0.328 e. The Morgan fingerprint density at radius 1 is 1.50 bits per heavy atom. The van der Waals surface area contributed by atoms with Crippen molar-refractivity contribution in [2.75, 3.05) is 6.61 Å². The fourth-order valence-electron chi connectivity index (χ4n) is 1.01. The first kappa shape index (κ1) is 12.1. The Bertz CT molecular complexity index is 367. The number of amides is 1. The van der Waals surface area contributed by atoms with Crippen LogP contribution in [0.2, 0.25) is 0 Å². The van der Waals surface area contributed by atoms with Gasteiger partial charge in [0.2, 0.25) is 0 Å². The molecule has 0 aromatic carbocycles. The smallest absolute Gasteiger partial charge is 0.328 e. The summed E-state index contributed by atoms with van der Waals surface area (Å²) in [6.07, 6.45) is 4.20. The molecule has 6 nitrogen and oxygen atoms in total. The van der Waals surface area contributed by atoms with Crippen LogP contribution in [0.5, 0.6) is 0 Å². The lowest BCUT2D eigenvalue weighted by Crippen LogP contribution is -2.39. The molecule has 0 bridgehead atoms. The SMILES string of the molecule is CCOC(=O)C(C)NC(=O)c1cnccn1. The van der Waals surface area contributed by atoms with Crippen LogP contribution in [0.4, 0.5) is 0 Å². The van der Waals surface area contributed by atoms with E-state index in [9.17, 15) is 9.59 Å². The van der Waals surface area contributed by atoms with E-state index >= 15 is 0 Å². The first-order chi connectivity index (χ1) is 7.65. The van der Waals surface area contributed by atoms with Gasteiger partial charge in [0.25, 0.3) is 5.91 Å². The molecule has 0 aliphatic carbocycles. The Balaban J connectivity index is 2.55. The first-order valence-corrected chi connectivity index (χ1v) is 4.88. The number of nitrogens with one attached hydrogen (secondary N) is 1. The van der Waals surface area contributed by atoms with Crippen LogP contribution in [0.1, 0.15) is 24.3 Å². The van der Waals surface area contributed by atoms with Gasteiger partial charge in [0.1, 0.15) is 11.7 Å². The molecule has 16 heavy (non-hydrogen) atoms. The number of ether oxygens (including phenoxy) is 1. The molecule has 0 aliphatic rings. The third-order valence-corrected chi connectivity index (χ3v) is 1.78. The van der Waals surface area contributed by atoms with Gasteiger partial charge >= 0.3 is 5.97 Å². The Morgan fingerprint density at radius 2 is 2.25 bits per heavy atom. The first-order valence-electron chi connectivity index (χ1n) is 4.88. The molecule has 0 radical (unpaired) electrons. The second-order valence-corrected chi connectivity index (χ2v) is 3.04. The van der Waals surface area contributed by atoms with Crippen molar-refractivity contribution < 1.29 is 14.3 Å². The zero-order valence-electron chi connectivity index (χ0n) is 9.14. The molecule has 1 amide bonds. The topological polar surface area (TPSA) is 81.2 Å². The highest BCUT2D eigenvalue weighted by atomic mass is 16.5. The maximum atomic E-state index is 11.5. The van der Waals surface area contributed by atoms with Crippen LogP contribution in [0.15, 0.2) is 18.6 Å². The van der Waals surface area contributed by atoms with Crippen molar-refractivity contribution in [3.63, 3.8) is 0 Å². The van der Waals surface area contributed by atoms with Crippen molar-refractivity contribution in [3.8, 4) is 0 Å². The van der Waals surface area contributed by atoms with Crippen molar-refractivity contribution in [2.24, 2.45) is 0 Å². The van der Waals surface area contributed by atoms with Gasteiger partial charge in [-0.25, -0.2) is 9.78 Å². The zero-order chi connectivity index (χ0) is 12.0. The Labute approximate surface area is 93.0 Å². The highest BCUT2D eigenvalue weighted by Crippen LogP contribution is 1.93. The maximum absolute atomic E-state index is 11.5. The van der Waals surface area contributed by atoms with E-state index in [2.05, 4.69) is 15.3 Å². The molecule has 0 saturated carbocycles. The van der Waals surface area contributed by atoms with E-state index in [1.807, 2.05) is 0 Å². The van der Waals surface area contributed by atoms with Gasteiger partial charge in [-0.3, -0.25) is 9.78 Å². The average molecular weight is 223 g/mol. The lowest BCUT2D eigenvalue weighted by atomic mass is 10.3. The number of hydrogen-bond donors (Lipinski definition) is 1. The second kappa shape index (κ2) is 5.79. The molecular weight excluding hydrogens is 210 g/mol. The molecule has 0 saturated heterocycles. The van der Waals surface area contributed by atoms with E-state index in [4.69, 9.17) is 4.74 Å². The summed E-state index contributed by atoms with van der Waals surface area (Å²) >= 11 is 0. The van der Waals surface area contributed by atoms with E-state index < -0.39 is 17.9 Å².